The van der Waals surface area contributed by atoms with E-state index in [-0.39, 0.29) is 25.1 Å². The fourth-order valence-corrected chi connectivity index (χ4v) is 2.74. The van der Waals surface area contributed by atoms with Crippen LogP contribution in [0.5, 0.6) is 11.5 Å². The second kappa shape index (κ2) is 11.3. The molecule has 2 rings (SSSR count). The van der Waals surface area contributed by atoms with E-state index < -0.39 is 0 Å². The molecule has 2 aromatic rings. The maximum absolute atomic E-state index is 9.27. The monoisotopic (exact) mass is 399 g/mol. The molecular formula is C20H27Cl2NO3. The average molecular weight is 400 g/mol. The summed E-state index contributed by atoms with van der Waals surface area (Å²) in [6.45, 7) is 5.23. The van der Waals surface area contributed by atoms with Gasteiger partial charge in [-0.25, -0.2) is 0 Å². The summed E-state index contributed by atoms with van der Waals surface area (Å²) in [5.74, 6) is 1.15. The third kappa shape index (κ3) is 6.36. The molecular weight excluding hydrogens is 373 g/mol. The number of ether oxygens (including phenoxy) is 2. The summed E-state index contributed by atoms with van der Waals surface area (Å²) in [4.78, 5) is 0. The van der Waals surface area contributed by atoms with E-state index in [4.69, 9.17) is 21.1 Å². The molecule has 26 heavy (non-hydrogen) atoms. The van der Waals surface area contributed by atoms with Crippen molar-refractivity contribution in [3.05, 3.63) is 58.1 Å². The molecule has 4 nitrogen and oxygen atoms in total. The Bertz CT molecular complexity index is 674. The average Bonchev–Trinajstić information content (AvgIpc) is 2.62. The molecule has 0 heterocycles. The van der Waals surface area contributed by atoms with Crippen molar-refractivity contribution in [2.45, 2.75) is 39.5 Å². The lowest BCUT2D eigenvalue weighted by Crippen LogP contribution is -2.31. The van der Waals surface area contributed by atoms with Gasteiger partial charge in [-0.05, 0) is 36.6 Å². The van der Waals surface area contributed by atoms with Crippen LogP contribution in [0.15, 0.2) is 36.4 Å². The highest BCUT2D eigenvalue weighted by molar-refractivity contribution is 6.32. The molecule has 0 saturated carbocycles. The molecule has 1 atom stereocenters. The standard InChI is InChI=1S/C20H26ClNO3.ClH/c1-4-17(12-23)22-11-16-9-18(21)20(19(10-16)24-3)25-13-15-7-5-14(2)6-8-15;/h5-10,17,22-23H,4,11-13H2,1-3H3;1H. The topological polar surface area (TPSA) is 50.7 Å². The number of nitrogens with one attached hydrogen (secondary N) is 1. The Balaban J connectivity index is 0.00000338. The first-order chi connectivity index (χ1) is 12.1. The van der Waals surface area contributed by atoms with Crippen LogP contribution in [-0.2, 0) is 13.2 Å². The van der Waals surface area contributed by atoms with Crippen LogP contribution in [0.4, 0.5) is 0 Å². The number of aliphatic hydroxyl groups is 1. The second-order valence-electron chi connectivity index (χ2n) is 6.05. The van der Waals surface area contributed by atoms with Crippen LogP contribution in [-0.4, -0.2) is 24.9 Å². The summed E-state index contributed by atoms with van der Waals surface area (Å²) < 4.78 is 11.3. The van der Waals surface area contributed by atoms with Crippen LogP contribution in [0.1, 0.15) is 30.0 Å². The molecule has 0 amide bonds. The molecule has 0 aliphatic rings. The van der Waals surface area contributed by atoms with E-state index in [1.54, 1.807) is 7.11 Å². The first kappa shape index (κ1) is 22.6. The van der Waals surface area contributed by atoms with Crippen LogP contribution in [0, 0.1) is 6.92 Å². The second-order valence-corrected chi connectivity index (χ2v) is 6.46. The summed E-state index contributed by atoms with van der Waals surface area (Å²) in [6.07, 6.45) is 0.860. The van der Waals surface area contributed by atoms with Crippen molar-refractivity contribution in [2.75, 3.05) is 13.7 Å². The zero-order valence-electron chi connectivity index (χ0n) is 15.4. The number of hydrogen-bond acceptors (Lipinski definition) is 4. The third-order valence-corrected chi connectivity index (χ3v) is 4.38. The lowest BCUT2D eigenvalue weighted by molar-refractivity contribution is 0.238. The molecule has 0 bridgehead atoms. The minimum Gasteiger partial charge on any atom is -0.493 e. The highest BCUT2D eigenvalue weighted by atomic mass is 35.5. The Morgan fingerprint density at radius 3 is 2.42 bits per heavy atom. The quantitative estimate of drug-likeness (QED) is 0.650. The van der Waals surface area contributed by atoms with E-state index in [1.165, 1.54) is 5.56 Å². The Morgan fingerprint density at radius 1 is 1.15 bits per heavy atom. The molecule has 1 unspecified atom stereocenters. The smallest absolute Gasteiger partial charge is 0.180 e. The summed E-state index contributed by atoms with van der Waals surface area (Å²) >= 11 is 6.41. The van der Waals surface area contributed by atoms with Gasteiger partial charge in [0.2, 0.25) is 0 Å². The SMILES string of the molecule is CCC(CO)NCc1cc(Cl)c(OCc2ccc(C)cc2)c(OC)c1.Cl. The van der Waals surface area contributed by atoms with Crippen LogP contribution in [0.25, 0.3) is 0 Å². The van der Waals surface area contributed by atoms with Gasteiger partial charge < -0.3 is 19.9 Å². The van der Waals surface area contributed by atoms with Gasteiger partial charge in [0.1, 0.15) is 6.61 Å². The van der Waals surface area contributed by atoms with Crippen molar-refractivity contribution >= 4 is 24.0 Å². The van der Waals surface area contributed by atoms with Crippen molar-refractivity contribution in [1.82, 2.24) is 5.32 Å². The molecule has 2 N–H and O–H groups in total. The Labute approximate surface area is 166 Å². The number of benzene rings is 2. The van der Waals surface area contributed by atoms with Crippen molar-refractivity contribution in [1.29, 1.82) is 0 Å². The van der Waals surface area contributed by atoms with Gasteiger partial charge in [0.05, 0.1) is 18.7 Å². The Hall–Kier alpha value is -1.46. The van der Waals surface area contributed by atoms with E-state index >= 15 is 0 Å². The maximum atomic E-state index is 9.27. The zero-order valence-corrected chi connectivity index (χ0v) is 17.0. The zero-order chi connectivity index (χ0) is 18.2. The third-order valence-electron chi connectivity index (χ3n) is 4.10. The molecule has 0 aromatic heterocycles. The van der Waals surface area contributed by atoms with Crippen LogP contribution in [0.2, 0.25) is 5.02 Å². The maximum Gasteiger partial charge on any atom is 0.180 e. The van der Waals surface area contributed by atoms with E-state index in [2.05, 4.69) is 24.4 Å². The lowest BCUT2D eigenvalue weighted by atomic mass is 10.1. The highest BCUT2D eigenvalue weighted by Gasteiger charge is 2.13. The predicted molar refractivity (Wildman–Crippen MR) is 109 cm³/mol. The molecule has 0 saturated heterocycles. The van der Waals surface area contributed by atoms with E-state index in [0.29, 0.717) is 29.7 Å². The van der Waals surface area contributed by atoms with Crippen molar-refractivity contribution in [3.63, 3.8) is 0 Å². The van der Waals surface area contributed by atoms with Gasteiger partial charge in [-0.2, -0.15) is 0 Å². The van der Waals surface area contributed by atoms with E-state index in [1.807, 2.05) is 31.2 Å². The molecule has 2 aromatic carbocycles. The summed E-state index contributed by atoms with van der Waals surface area (Å²) in [7, 11) is 1.60. The van der Waals surface area contributed by atoms with E-state index in [0.717, 1.165) is 17.5 Å². The minimum atomic E-state index is 0. The van der Waals surface area contributed by atoms with Gasteiger partial charge in [0.25, 0.3) is 0 Å². The minimum absolute atomic E-state index is 0. The molecule has 0 fully saturated rings. The van der Waals surface area contributed by atoms with Gasteiger partial charge in [0, 0.05) is 12.6 Å². The summed E-state index contributed by atoms with van der Waals surface area (Å²) in [5.41, 5.74) is 3.27. The van der Waals surface area contributed by atoms with Crippen molar-refractivity contribution in [3.8, 4) is 11.5 Å². The first-order valence-electron chi connectivity index (χ1n) is 8.46. The van der Waals surface area contributed by atoms with Gasteiger partial charge >= 0.3 is 0 Å². The Kier molecular flexibility index (Phi) is 9.81. The number of aryl methyl sites for hydroxylation is 1. The molecule has 0 aliphatic heterocycles. The predicted octanol–water partition coefficient (Wildman–Crippen LogP) is 4.52. The van der Waals surface area contributed by atoms with Gasteiger partial charge in [-0.15, -0.1) is 12.4 Å². The normalized spacial score (nSPS) is 11.6. The number of aliphatic hydroxyl groups excluding tert-OH is 1. The number of rotatable bonds is 9. The van der Waals surface area contributed by atoms with Crippen molar-refractivity contribution in [2.24, 2.45) is 0 Å². The molecule has 6 heteroatoms. The Morgan fingerprint density at radius 2 is 1.85 bits per heavy atom. The fraction of sp³-hybridized carbons (Fsp3) is 0.400. The largest absolute Gasteiger partial charge is 0.493 e. The summed E-state index contributed by atoms with van der Waals surface area (Å²) in [5, 5.41) is 13.1. The molecule has 0 radical (unpaired) electrons. The van der Waals surface area contributed by atoms with Crippen molar-refractivity contribution < 1.29 is 14.6 Å². The highest BCUT2D eigenvalue weighted by Crippen LogP contribution is 2.37. The van der Waals surface area contributed by atoms with Crippen LogP contribution < -0.4 is 14.8 Å². The number of halogens is 2. The van der Waals surface area contributed by atoms with Crippen LogP contribution in [0.3, 0.4) is 0 Å². The molecule has 0 spiro atoms. The van der Waals surface area contributed by atoms with Gasteiger partial charge in [-0.3, -0.25) is 0 Å². The molecule has 144 valence electrons. The van der Waals surface area contributed by atoms with E-state index in [9.17, 15) is 5.11 Å². The summed E-state index contributed by atoms with van der Waals surface area (Å²) in [6, 6.07) is 12.0. The number of hydrogen-bond donors (Lipinski definition) is 2. The van der Waals surface area contributed by atoms with Gasteiger partial charge in [-0.1, -0.05) is 48.4 Å². The van der Waals surface area contributed by atoms with Crippen LogP contribution >= 0.6 is 24.0 Å². The fourth-order valence-electron chi connectivity index (χ4n) is 2.46. The number of methoxy groups -OCH3 is 1. The van der Waals surface area contributed by atoms with Gasteiger partial charge in [0.15, 0.2) is 11.5 Å². The lowest BCUT2D eigenvalue weighted by Gasteiger charge is -2.17. The molecule has 0 aliphatic carbocycles. The first-order valence-corrected chi connectivity index (χ1v) is 8.84.